The smallest absolute Gasteiger partial charge is 0.127 e. The van der Waals surface area contributed by atoms with Crippen LogP contribution in [0.25, 0.3) is 0 Å². The van der Waals surface area contributed by atoms with Crippen LogP contribution < -0.4 is 5.73 Å². The lowest BCUT2D eigenvalue weighted by atomic mass is 10.1. The zero-order valence-corrected chi connectivity index (χ0v) is 11.1. The third-order valence-electron chi connectivity index (χ3n) is 2.71. The molecule has 0 saturated carbocycles. The quantitative estimate of drug-likeness (QED) is 0.791. The largest absolute Gasteiger partial charge is 0.393 e. The molecule has 0 amide bonds. The van der Waals surface area contributed by atoms with Crippen LogP contribution in [0, 0.1) is 5.82 Å². The Morgan fingerprint density at radius 3 is 2.59 bits per heavy atom. The molecule has 0 aliphatic carbocycles. The second kappa shape index (κ2) is 6.67. The summed E-state index contributed by atoms with van der Waals surface area (Å²) in [4.78, 5) is 2.67. The van der Waals surface area contributed by atoms with E-state index in [1.165, 1.54) is 6.07 Å². The van der Waals surface area contributed by atoms with Gasteiger partial charge in [0.1, 0.15) is 5.82 Å². The van der Waals surface area contributed by atoms with E-state index in [9.17, 15) is 4.39 Å². The first kappa shape index (κ1) is 14.1. The van der Waals surface area contributed by atoms with Gasteiger partial charge in [0.25, 0.3) is 0 Å². The van der Waals surface area contributed by atoms with Crippen LogP contribution in [0.5, 0.6) is 0 Å². The fourth-order valence-corrected chi connectivity index (χ4v) is 1.71. The summed E-state index contributed by atoms with van der Waals surface area (Å²) in [5, 5.41) is 0. The first-order chi connectivity index (χ1) is 8.00. The lowest BCUT2D eigenvalue weighted by Crippen LogP contribution is -2.33. The number of thiocarbonyl (C=S) groups is 1. The molecule has 0 aliphatic heterocycles. The van der Waals surface area contributed by atoms with Gasteiger partial charge in [0.2, 0.25) is 0 Å². The summed E-state index contributed by atoms with van der Waals surface area (Å²) in [6, 6.07) is 7.19. The minimum absolute atomic E-state index is 0.159. The number of nitrogens with two attached hydrogens (primary N) is 1. The van der Waals surface area contributed by atoms with Gasteiger partial charge in [0.05, 0.1) is 4.99 Å². The van der Waals surface area contributed by atoms with Crippen molar-refractivity contribution in [3.05, 3.63) is 35.6 Å². The molecule has 1 aromatic rings. The number of halogens is 1. The third-order valence-corrected chi connectivity index (χ3v) is 2.91. The normalized spacial score (nSPS) is 11.1. The maximum Gasteiger partial charge on any atom is 0.127 e. The number of hydrogen-bond acceptors (Lipinski definition) is 2. The molecule has 0 bridgehead atoms. The van der Waals surface area contributed by atoms with Gasteiger partial charge in [-0.05, 0) is 19.9 Å². The second-order valence-electron chi connectivity index (χ2n) is 4.37. The number of nitrogens with zero attached hydrogens (tertiary/aromatic N) is 1. The van der Waals surface area contributed by atoms with Crippen LogP contribution in [0.4, 0.5) is 4.39 Å². The highest BCUT2D eigenvalue weighted by atomic mass is 32.1. The molecule has 0 unspecified atom stereocenters. The van der Waals surface area contributed by atoms with Gasteiger partial charge >= 0.3 is 0 Å². The molecule has 2 N–H and O–H groups in total. The van der Waals surface area contributed by atoms with Crippen molar-refractivity contribution in [3.63, 3.8) is 0 Å². The standard InChI is InChI=1S/C13H19FN2S/c1-10(2)16(8-7-13(15)17)9-11-5-3-4-6-12(11)14/h3-6,10H,7-9H2,1-2H3,(H2,15,17). The van der Waals surface area contributed by atoms with Gasteiger partial charge in [0.15, 0.2) is 0 Å². The fourth-order valence-electron chi connectivity index (χ4n) is 1.62. The summed E-state index contributed by atoms with van der Waals surface area (Å²) >= 11 is 4.87. The maximum absolute atomic E-state index is 13.5. The van der Waals surface area contributed by atoms with E-state index in [0.29, 0.717) is 29.6 Å². The van der Waals surface area contributed by atoms with Gasteiger partial charge in [-0.1, -0.05) is 30.4 Å². The number of rotatable bonds is 6. The highest BCUT2D eigenvalue weighted by Gasteiger charge is 2.12. The molecule has 0 atom stereocenters. The van der Waals surface area contributed by atoms with Crippen molar-refractivity contribution in [2.75, 3.05) is 6.54 Å². The lowest BCUT2D eigenvalue weighted by Gasteiger charge is -2.26. The fraction of sp³-hybridized carbons (Fsp3) is 0.462. The van der Waals surface area contributed by atoms with Crippen LogP contribution >= 0.6 is 12.2 Å². The molecule has 0 aliphatic rings. The average molecular weight is 254 g/mol. The van der Waals surface area contributed by atoms with Gasteiger partial charge in [0, 0.05) is 31.1 Å². The molecule has 17 heavy (non-hydrogen) atoms. The Kier molecular flexibility index (Phi) is 5.51. The number of benzene rings is 1. The average Bonchev–Trinajstić information content (AvgIpc) is 2.25. The van der Waals surface area contributed by atoms with Crippen molar-refractivity contribution in [3.8, 4) is 0 Å². The van der Waals surface area contributed by atoms with E-state index < -0.39 is 0 Å². The minimum atomic E-state index is -0.159. The Hall–Kier alpha value is -1.00. The zero-order valence-electron chi connectivity index (χ0n) is 10.3. The molecule has 0 spiro atoms. The van der Waals surface area contributed by atoms with Crippen LogP contribution in [0.15, 0.2) is 24.3 Å². The monoisotopic (exact) mass is 254 g/mol. The number of hydrogen-bond donors (Lipinski definition) is 1. The Balaban J connectivity index is 2.67. The molecule has 0 fully saturated rings. The summed E-state index contributed by atoms with van der Waals surface area (Å²) < 4.78 is 13.5. The maximum atomic E-state index is 13.5. The van der Waals surface area contributed by atoms with Crippen LogP contribution in [0.3, 0.4) is 0 Å². The van der Waals surface area contributed by atoms with Crippen LogP contribution in [-0.4, -0.2) is 22.5 Å². The predicted octanol–water partition coefficient (Wildman–Crippen LogP) is 2.71. The molecule has 0 heterocycles. The molecular weight excluding hydrogens is 235 g/mol. The molecule has 0 saturated heterocycles. The van der Waals surface area contributed by atoms with E-state index in [0.717, 1.165) is 6.54 Å². The van der Waals surface area contributed by atoms with E-state index >= 15 is 0 Å². The Labute approximate surface area is 108 Å². The molecule has 0 aromatic heterocycles. The molecular formula is C13H19FN2S. The molecule has 0 radical (unpaired) electrons. The molecule has 1 rings (SSSR count). The van der Waals surface area contributed by atoms with Gasteiger partial charge < -0.3 is 5.73 Å². The van der Waals surface area contributed by atoms with Gasteiger partial charge in [-0.25, -0.2) is 4.39 Å². The van der Waals surface area contributed by atoms with E-state index in [-0.39, 0.29) is 5.82 Å². The van der Waals surface area contributed by atoms with E-state index in [2.05, 4.69) is 18.7 Å². The van der Waals surface area contributed by atoms with Crippen molar-refractivity contribution in [2.45, 2.75) is 32.9 Å². The first-order valence-electron chi connectivity index (χ1n) is 5.76. The van der Waals surface area contributed by atoms with Gasteiger partial charge in [-0.15, -0.1) is 0 Å². The first-order valence-corrected chi connectivity index (χ1v) is 6.17. The van der Waals surface area contributed by atoms with E-state index in [4.69, 9.17) is 18.0 Å². The summed E-state index contributed by atoms with van der Waals surface area (Å²) in [5.74, 6) is -0.159. The minimum Gasteiger partial charge on any atom is -0.393 e. The van der Waals surface area contributed by atoms with E-state index in [1.807, 2.05) is 12.1 Å². The Morgan fingerprint density at radius 1 is 1.41 bits per heavy atom. The molecule has 1 aromatic carbocycles. The Morgan fingerprint density at radius 2 is 2.06 bits per heavy atom. The van der Waals surface area contributed by atoms with Gasteiger partial charge in [-0.2, -0.15) is 0 Å². The predicted molar refractivity (Wildman–Crippen MR) is 73.3 cm³/mol. The van der Waals surface area contributed by atoms with E-state index in [1.54, 1.807) is 6.07 Å². The SMILES string of the molecule is CC(C)N(CCC(N)=S)Cc1ccccc1F. The Bertz CT molecular complexity index is 379. The highest BCUT2D eigenvalue weighted by Crippen LogP contribution is 2.12. The summed E-state index contributed by atoms with van der Waals surface area (Å²) in [6.07, 6.45) is 0.669. The molecule has 4 heteroatoms. The summed E-state index contributed by atoms with van der Waals surface area (Å²) in [6.45, 7) is 5.52. The van der Waals surface area contributed by atoms with Crippen molar-refractivity contribution in [2.24, 2.45) is 5.73 Å². The van der Waals surface area contributed by atoms with Gasteiger partial charge in [-0.3, -0.25) is 4.90 Å². The zero-order chi connectivity index (χ0) is 12.8. The second-order valence-corrected chi connectivity index (χ2v) is 4.90. The summed E-state index contributed by atoms with van der Waals surface area (Å²) in [5.41, 5.74) is 6.21. The van der Waals surface area contributed by atoms with Crippen LogP contribution in [0.2, 0.25) is 0 Å². The lowest BCUT2D eigenvalue weighted by molar-refractivity contribution is 0.216. The van der Waals surface area contributed by atoms with Crippen LogP contribution in [-0.2, 0) is 6.54 Å². The topological polar surface area (TPSA) is 29.3 Å². The van der Waals surface area contributed by atoms with Crippen molar-refractivity contribution < 1.29 is 4.39 Å². The summed E-state index contributed by atoms with van der Waals surface area (Å²) in [7, 11) is 0. The third kappa shape index (κ3) is 4.79. The van der Waals surface area contributed by atoms with Crippen molar-refractivity contribution in [1.29, 1.82) is 0 Å². The van der Waals surface area contributed by atoms with Crippen molar-refractivity contribution in [1.82, 2.24) is 4.90 Å². The molecule has 2 nitrogen and oxygen atoms in total. The van der Waals surface area contributed by atoms with Crippen LogP contribution in [0.1, 0.15) is 25.8 Å². The molecule has 94 valence electrons. The van der Waals surface area contributed by atoms with Crippen molar-refractivity contribution >= 4 is 17.2 Å². The highest BCUT2D eigenvalue weighted by molar-refractivity contribution is 7.80.